The van der Waals surface area contributed by atoms with Gasteiger partial charge in [0.15, 0.2) is 0 Å². The first-order valence-electron chi connectivity index (χ1n) is 35.9. The van der Waals surface area contributed by atoms with Gasteiger partial charge in [-0.2, -0.15) is 0 Å². The lowest BCUT2D eigenvalue weighted by Crippen LogP contribution is -2.57. The Bertz CT molecular complexity index is 3090. The Morgan fingerprint density at radius 2 is 1.39 bits per heavy atom. The highest BCUT2D eigenvalue weighted by atomic mass is 16.7. The van der Waals surface area contributed by atoms with Crippen molar-refractivity contribution in [3.8, 4) is 0 Å². The van der Waals surface area contributed by atoms with Gasteiger partial charge in [0.25, 0.3) is 11.8 Å². The third kappa shape index (κ3) is 22.8. The van der Waals surface area contributed by atoms with E-state index < -0.39 is 133 Å². The Labute approximate surface area is 593 Å². The molecule has 9 rings (SSSR count). The van der Waals surface area contributed by atoms with Crippen molar-refractivity contribution in [3.05, 3.63) is 54.1 Å². The second-order valence-electron chi connectivity index (χ2n) is 28.0. The Morgan fingerprint density at radius 1 is 0.696 bits per heavy atom. The van der Waals surface area contributed by atoms with Gasteiger partial charge in [0, 0.05) is 89.8 Å². The summed E-state index contributed by atoms with van der Waals surface area (Å²) >= 11 is 0. The number of aliphatic hydroxyl groups excluding tert-OH is 2. The Hall–Kier alpha value is -6.88. The van der Waals surface area contributed by atoms with Gasteiger partial charge in [-0.05, 0) is 106 Å². The highest BCUT2D eigenvalue weighted by Gasteiger charge is 2.51. The minimum atomic E-state index is -1.47. The van der Waals surface area contributed by atoms with Crippen LogP contribution >= 0.6 is 0 Å². The lowest BCUT2D eigenvalue weighted by atomic mass is 9.81. The number of aliphatic hydroxyl groups is 2. The van der Waals surface area contributed by atoms with Crippen LogP contribution in [-0.2, 0) is 107 Å². The summed E-state index contributed by atoms with van der Waals surface area (Å²) in [5.41, 5.74) is 8.21. The number of amides is 8. The monoisotopic (exact) mass is 1440 g/mol. The molecule has 9 N–H and O–H groups in total. The first-order chi connectivity index (χ1) is 48.9. The predicted octanol–water partition coefficient (Wildman–Crippen LogP) is 2.41. The molecule has 20 atom stereocenters. The number of hydrogen-bond donors (Lipinski definition) is 8. The standard InChI is InChI=1S/C71H103N7O24/c1-38-28-48-13-15-53-39(2)29-47(97-53)8-7-22-94-57-35-59(66-52(81)19-25-95-66)100-54-16-14-49(99-67(54)57)30-45(79)31-50-56(34-55(98-48)40(38)3)101-58(65(50)91-6)32-46(80)36-73-71(90)96-37-43-9-11-44(12-10-43)76-70(89)51(33-60(72)82)77-69(88)42(5)75-68(87)41(4)74-61(83)20-23-92-26-27-93-24-21-64(86)102-78-62(84)17-18-63(78)85/h9-12,38,41-42,46-59,65-67,80-81H,2-3,7-8,13-37H2,1,4-6H3,(H2,72,82)(H,73,90)(H,74,83)(H,75,87)(H,76,89)(H,77,88)/t38-,41?,42+,46?,47?,48?,49-,50?,51?,52-,53?,54?,55?,56+,57?,58?,59?,65-,66?,67+/m1/s1. The van der Waals surface area contributed by atoms with Crippen LogP contribution in [0.15, 0.2) is 48.6 Å². The first-order valence-corrected chi connectivity index (χ1v) is 35.9. The number of imide groups is 1. The summed E-state index contributed by atoms with van der Waals surface area (Å²) in [5, 5.41) is 35.3. The van der Waals surface area contributed by atoms with E-state index in [1.165, 1.54) is 26.0 Å². The molecule has 1 aromatic carbocycles. The molecule has 13 unspecified atom stereocenters. The first kappa shape index (κ1) is 79.2. The second kappa shape index (κ2) is 38.2. The van der Waals surface area contributed by atoms with E-state index in [2.05, 4.69) is 46.7 Å². The van der Waals surface area contributed by atoms with Crippen molar-refractivity contribution in [1.29, 1.82) is 0 Å². The highest BCUT2D eigenvalue weighted by Crippen LogP contribution is 2.43. The Morgan fingerprint density at radius 3 is 2.11 bits per heavy atom. The van der Waals surface area contributed by atoms with Crippen LogP contribution < -0.4 is 32.3 Å². The van der Waals surface area contributed by atoms with E-state index in [1.807, 2.05) is 0 Å². The van der Waals surface area contributed by atoms with E-state index >= 15 is 0 Å². The summed E-state index contributed by atoms with van der Waals surface area (Å²) in [6.45, 7) is 14.3. The number of fused-ring (bicyclic) bond motifs is 6. The van der Waals surface area contributed by atoms with Crippen LogP contribution in [0.3, 0.4) is 0 Å². The van der Waals surface area contributed by atoms with Crippen molar-refractivity contribution in [2.75, 3.05) is 58.6 Å². The fourth-order valence-corrected chi connectivity index (χ4v) is 14.5. The predicted molar refractivity (Wildman–Crippen MR) is 358 cm³/mol. The van der Waals surface area contributed by atoms with Crippen LogP contribution in [0.5, 0.6) is 0 Å². The van der Waals surface area contributed by atoms with Gasteiger partial charge in [0.2, 0.25) is 29.5 Å². The molecule has 8 aliphatic rings. The van der Waals surface area contributed by atoms with Gasteiger partial charge < -0.3 is 99.5 Å². The molecule has 566 valence electrons. The fourth-order valence-electron chi connectivity index (χ4n) is 14.5. The zero-order valence-corrected chi connectivity index (χ0v) is 58.8. The number of ketones is 1. The van der Waals surface area contributed by atoms with Crippen molar-refractivity contribution in [2.24, 2.45) is 17.6 Å². The summed E-state index contributed by atoms with van der Waals surface area (Å²) in [4.78, 5) is 132. The molecule has 31 heteroatoms. The largest absolute Gasteiger partial charge is 0.445 e. The molecule has 102 heavy (non-hydrogen) atoms. The number of nitrogens with one attached hydrogen (secondary N) is 5. The maximum atomic E-state index is 14.5. The van der Waals surface area contributed by atoms with E-state index in [1.54, 1.807) is 19.2 Å². The maximum Gasteiger partial charge on any atom is 0.407 e. The number of nitrogens with zero attached hydrogens (tertiary/aromatic N) is 1. The van der Waals surface area contributed by atoms with E-state index in [9.17, 15) is 58.2 Å². The van der Waals surface area contributed by atoms with Crippen LogP contribution in [0, 0.1) is 11.8 Å². The van der Waals surface area contributed by atoms with Gasteiger partial charge >= 0.3 is 12.1 Å². The molecule has 6 bridgehead atoms. The molecule has 0 saturated carbocycles. The van der Waals surface area contributed by atoms with Gasteiger partial charge in [-0.25, -0.2) is 9.59 Å². The molecular weight excluding hydrogens is 1330 g/mol. The molecule has 0 aromatic heterocycles. The molecule has 8 amide bonds. The van der Waals surface area contributed by atoms with Crippen molar-refractivity contribution in [2.45, 2.75) is 259 Å². The van der Waals surface area contributed by atoms with E-state index in [-0.39, 0.29) is 145 Å². The van der Waals surface area contributed by atoms with Gasteiger partial charge in [0.05, 0.1) is 119 Å². The fraction of sp³-hybridized carbons (Fsp3) is 0.718. The summed E-state index contributed by atoms with van der Waals surface area (Å²) in [6.07, 6.45) is -0.701. The third-order valence-electron chi connectivity index (χ3n) is 20.1. The summed E-state index contributed by atoms with van der Waals surface area (Å²) in [5.74, 6) is -6.18. The van der Waals surface area contributed by atoms with Crippen molar-refractivity contribution >= 4 is 64.9 Å². The molecule has 0 radical (unpaired) electrons. The number of carbonyl (C=O) groups excluding carboxylic acids is 10. The van der Waals surface area contributed by atoms with Gasteiger partial charge in [-0.15, -0.1) is 5.06 Å². The van der Waals surface area contributed by atoms with E-state index in [0.717, 1.165) is 49.7 Å². The van der Waals surface area contributed by atoms with Gasteiger partial charge in [0.1, 0.15) is 42.7 Å². The Kier molecular flexibility index (Phi) is 29.7. The van der Waals surface area contributed by atoms with Gasteiger partial charge in [-0.1, -0.05) is 32.2 Å². The second-order valence-corrected chi connectivity index (χ2v) is 28.0. The van der Waals surface area contributed by atoms with Gasteiger partial charge in [-0.3, -0.25) is 38.4 Å². The normalized spacial score (nSPS) is 31.2. The number of ether oxygens (including phenoxy) is 11. The SMILES string of the molecule is C=C1CC2CCCOC3CC(C4OCC[C@H]4O)OC4CC[C@H](CC(=O)CC5[C@@H](OC)C(CC(O)CNC(=O)OCc6ccc(NC(=O)C(CC(N)=O)NC(=O)[C@H](C)NC(=O)C(C)NC(=O)CCOCCOCCC(=O)ON7C(=O)CCC7=O)cc6)O[C@H]5CC5OC(CCC1O2)C[C@@H](C)C5=C)O[C@H]34. The lowest BCUT2D eigenvalue weighted by Gasteiger charge is -2.47. The summed E-state index contributed by atoms with van der Waals surface area (Å²) in [6, 6.07) is 2.31. The number of primary amides is 1. The zero-order valence-electron chi connectivity index (χ0n) is 58.8. The highest BCUT2D eigenvalue weighted by molar-refractivity contribution is 6.02. The molecule has 8 fully saturated rings. The third-order valence-corrected chi connectivity index (χ3v) is 20.1. The van der Waals surface area contributed by atoms with Crippen molar-refractivity contribution in [3.63, 3.8) is 0 Å². The quantitative estimate of drug-likeness (QED) is 0.0356. The number of alkyl carbamates (subject to hydrolysis) is 1. The van der Waals surface area contributed by atoms with Crippen LogP contribution in [0.1, 0.15) is 148 Å². The van der Waals surface area contributed by atoms with Crippen LogP contribution in [0.4, 0.5) is 10.5 Å². The number of benzene rings is 1. The minimum Gasteiger partial charge on any atom is -0.445 e. The van der Waals surface area contributed by atoms with Crippen LogP contribution in [0.2, 0.25) is 0 Å². The zero-order chi connectivity index (χ0) is 73.1. The number of nitrogens with two attached hydrogens (primary N) is 1. The number of anilines is 1. The summed E-state index contributed by atoms with van der Waals surface area (Å²) in [7, 11) is 1.56. The lowest BCUT2D eigenvalue weighted by molar-refractivity contribution is -0.254. The number of methoxy groups -OCH3 is 1. The number of hydrogen-bond acceptors (Lipinski definition) is 24. The van der Waals surface area contributed by atoms with E-state index in [0.29, 0.717) is 55.9 Å². The van der Waals surface area contributed by atoms with Crippen molar-refractivity contribution < 1.29 is 115 Å². The van der Waals surface area contributed by atoms with Crippen molar-refractivity contribution in [1.82, 2.24) is 26.3 Å². The molecule has 8 saturated heterocycles. The minimum absolute atomic E-state index is 0.0249. The number of Topliss-reactive ketones (excluding diaryl/α,β-unsaturated/α-hetero) is 1. The molecule has 1 aromatic rings. The molecular formula is C71H103N7O24. The average Bonchev–Trinajstić information content (AvgIpc) is 1.28. The van der Waals surface area contributed by atoms with Crippen LogP contribution in [0.25, 0.3) is 0 Å². The van der Waals surface area contributed by atoms with E-state index in [4.69, 9.17) is 62.7 Å². The number of rotatable bonds is 27. The molecule has 8 heterocycles. The topological polar surface area (TPSA) is 411 Å². The maximum absolute atomic E-state index is 14.5. The number of carbonyl (C=O) groups is 10. The number of hydroxylamine groups is 2. The van der Waals surface area contributed by atoms with Crippen LogP contribution in [-0.4, -0.2) is 237 Å². The molecule has 8 aliphatic heterocycles. The summed E-state index contributed by atoms with van der Waals surface area (Å²) < 4.78 is 68.6. The molecule has 0 aliphatic carbocycles. The molecule has 0 spiro atoms. The smallest absolute Gasteiger partial charge is 0.407 e. The Balaban J connectivity index is 0.714. The molecule has 31 nitrogen and oxygen atoms in total. The average molecular weight is 1440 g/mol.